The molecule has 0 bridgehead atoms. The van der Waals surface area contributed by atoms with E-state index in [9.17, 15) is 19.8 Å². The number of nitrogens with one attached hydrogen (secondary N) is 1. The number of ether oxygens (including phenoxy) is 4. The number of carbonyl (C=O) groups excluding carboxylic acids is 2. The monoisotopic (exact) mass is 845 g/mol. The Kier molecular flexibility index (Phi) is 15.0. The van der Waals surface area contributed by atoms with Crippen LogP contribution in [-0.2, 0) is 27.4 Å². The van der Waals surface area contributed by atoms with Crippen LogP contribution < -0.4 is 14.8 Å². The van der Waals surface area contributed by atoms with E-state index in [2.05, 4.69) is 18.0 Å². The lowest BCUT2D eigenvalue weighted by Crippen LogP contribution is -2.70. The summed E-state index contributed by atoms with van der Waals surface area (Å²) in [5.41, 5.74) is 4.28. The zero-order chi connectivity index (χ0) is 43.5. The van der Waals surface area contributed by atoms with Gasteiger partial charge < -0.3 is 39.3 Å². The van der Waals surface area contributed by atoms with E-state index in [1.54, 1.807) is 17.0 Å². The summed E-state index contributed by atoms with van der Waals surface area (Å²) in [6.45, 7) is 6.99. The van der Waals surface area contributed by atoms with Crippen LogP contribution in [0, 0.1) is 17.8 Å². The average molecular weight is 846 g/mol. The largest absolute Gasteiger partial charge is 0.459 e. The number of amides is 2. The molecule has 4 aromatic carbocycles. The zero-order valence-corrected chi connectivity index (χ0v) is 35.7. The standard InChI is InChI=1S/C50H59N3O9/c1-4-28-59-50-45(53(49(57)58-3)33-37-21-15-20-35-18-9-10-22-39(35)37)31-43(52-60-5-2)41-29-36(19-11-13-26-54)40(23-12-14-27-55)46(47(41)50)42-30-38(24-25-44(42)62-50)61-48(56)51-32-34-16-7-6-8-17-34/h4,6-10,15-18,20-22,24-25,29-30,36,40,45-47,54-55H,1,5,11-14,19,23,26-28,31-33H2,2-3H3,(H,51,56). The highest BCUT2D eigenvalue weighted by atomic mass is 16.7. The van der Waals surface area contributed by atoms with Crippen LogP contribution in [0.2, 0.25) is 0 Å². The van der Waals surface area contributed by atoms with Gasteiger partial charge in [-0.25, -0.2) is 9.59 Å². The number of unbranched alkanes of at least 4 members (excludes halogenated alkanes) is 2. The number of benzene rings is 4. The summed E-state index contributed by atoms with van der Waals surface area (Å²) in [6.07, 6.45) is 7.45. The SMILES string of the molecule is C=CCOC12Oc3ccc(OC(=O)NCc4ccccc4)cc3C3C(CCCCO)C(CCCCO)C=C(C(=NOCC)CC1N(Cc1cccc4ccccc14)C(=O)OC)C32. The molecule has 3 aliphatic rings. The number of nitrogens with zero attached hydrogens (tertiary/aromatic N) is 2. The van der Waals surface area contributed by atoms with E-state index in [-0.39, 0.29) is 50.5 Å². The Bertz CT molecular complexity index is 2220. The van der Waals surface area contributed by atoms with Crippen LogP contribution in [0.25, 0.3) is 10.8 Å². The van der Waals surface area contributed by atoms with Gasteiger partial charge in [0.25, 0.3) is 0 Å². The molecule has 6 atom stereocenters. The second-order valence-electron chi connectivity index (χ2n) is 16.2. The normalized spacial score (nSPS) is 23.0. The van der Waals surface area contributed by atoms with Gasteiger partial charge in [0, 0.05) is 37.7 Å². The number of hydrogen-bond donors (Lipinski definition) is 3. The van der Waals surface area contributed by atoms with Gasteiger partial charge in [-0.1, -0.05) is 103 Å². The van der Waals surface area contributed by atoms with Crippen LogP contribution in [0.1, 0.15) is 74.5 Å². The molecular formula is C50H59N3O9. The predicted molar refractivity (Wildman–Crippen MR) is 238 cm³/mol. The fraction of sp³-hybridized carbons (Fsp3) is 0.420. The van der Waals surface area contributed by atoms with Crippen molar-refractivity contribution in [3.8, 4) is 11.5 Å². The van der Waals surface area contributed by atoms with Gasteiger partial charge in [0.05, 0.1) is 31.9 Å². The first-order valence-corrected chi connectivity index (χ1v) is 21.9. The molecule has 12 heteroatoms. The van der Waals surface area contributed by atoms with Crippen molar-refractivity contribution in [3.63, 3.8) is 0 Å². The van der Waals surface area contributed by atoms with Crippen molar-refractivity contribution in [2.75, 3.05) is 33.5 Å². The van der Waals surface area contributed by atoms with Gasteiger partial charge in [0.1, 0.15) is 24.1 Å². The van der Waals surface area contributed by atoms with E-state index in [0.29, 0.717) is 43.2 Å². The van der Waals surface area contributed by atoms with E-state index in [0.717, 1.165) is 58.7 Å². The third-order valence-corrected chi connectivity index (χ3v) is 12.4. The maximum atomic E-state index is 14.4. The fourth-order valence-electron chi connectivity index (χ4n) is 9.80. The summed E-state index contributed by atoms with van der Waals surface area (Å²) in [6, 6.07) is 28.4. The number of oxime groups is 1. The third-order valence-electron chi connectivity index (χ3n) is 12.4. The maximum Gasteiger partial charge on any atom is 0.412 e. The van der Waals surface area contributed by atoms with E-state index in [1.165, 1.54) is 7.11 Å². The number of allylic oxidation sites excluding steroid dienone is 1. The summed E-state index contributed by atoms with van der Waals surface area (Å²) >= 11 is 0. The van der Waals surface area contributed by atoms with Crippen LogP contribution in [0.5, 0.6) is 11.5 Å². The lowest BCUT2D eigenvalue weighted by atomic mass is 9.55. The first kappa shape index (κ1) is 44.4. The molecule has 1 aliphatic heterocycles. The van der Waals surface area contributed by atoms with Crippen molar-refractivity contribution >= 4 is 28.7 Å². The molecular weight excluding hydrogens is 787 g/mol. The molecule has 1 fully saturated rings. The molecule has 2 amide bonds. The lowest BCUT2D eigenvalue weighted by Gasteiger charge is -2.59. The second kappa shape index (κ2) is 20.9. The molecule has 1 saturated carbocycles. The molecule has 0 aromatic heterocycles. The fourth-order valence-corrected chi connectivity index (χ4v) is 9.80. The van der Waals surface area contributed by atoms with Gasteiger partial charge in [-0.2, -0.15) is 0 Å². The number of fused-ring (bicyclic) bond motifs is 3. The minimum Gasteiger partial charge on any atom is -0.459 e. The summed E-state index contributed by atoms with van der Waals surface area (Å²) in [5.74, 6) is -1.41. The predicted octanol–water partition coefficient (Wildman–Crippen LogP) is 9.05. The average Bonchev–Trinajstić information content (AvgIpc) is 3.30. The Morgan fingerprint density at radius 3 is 2.48 bits per heavy atom. The third kappa shape index (κ3) is 9.52. The van der Waals surface area contributed by atoms with Crippen molar-refractivity contribution in [1.29, 1.82) is 0 Å². The van der Waals surface area contributed by atoms with E-state index >= 15 is 0 Å². The first-order valence-electron chi connectivity index (χ1n) is 21.9. The molecule has 0 saturated heterocycles. The van der Waals surface area contributed by atoms with Gasteiger partial charge in [0.2, 0.25) is 5.79 Å². The summed E-state index contributed by atoms with van der Waals surface area (Å²) in [5, 5.41) is 29.5. The molecule has 4 aromatic rings. The molecule has 0 spiro atoms. The second-order valence-corrected chi connectivity index (χ2v) is 16.2. The highest BCUT2D eigenvalue weighted by Gasteiger charge is 2.65. The molecule has 6 unspecified atom stereocenters. The molecule has 0 radical (unpaired) electrons. The van der Waals surface area contributed by atoms with Gasteiger partial charge in [-0.3, -0.25) is 4.90 Å². The minimum atomic E-state index is -1.48. The lowest BCUT2D eigenvalue weighted by molar-refractivity contribution is -0.256. The van der Waals surface area contributed by atoms with Gasteiger partial charge in [-0.15, -0.1) is 6.58 Å². The molecule has 1 heterocycles. The maximum absolute atomic E-state index is 14.4. The minimum absolute atomic E-state index is 0.0118. The van der Waals surface area contributed by atoms with E-state index in [1.807, 2.05) is 91.9 Å². The van der Waals surface area contributed by atoms with Crippen LogP contribution in [0.3, 0.4) is 0 Å². The van der Waals surface area contributed by atoms with Crippen LogP contribution >= 0.6 is 0 Å². The van der Waals surface area contributed by atoms with Gasteiger partial charge in [0.15, 0.2) is 0 Å². The Labute approximate surface area is 364 Å². The van der Waals surface area contributed by atoms with Crippen LogP contribution in [0.4, 0.5) is 9.59 Å². The Balaban J connectivity index is 1.40. The number of aliphatic hydroxyl groups excluding tert-OH is 2. The molecule has 328 valence electrons. The smallest absolute Gasteiger partial charge is 0.412 e. The highest BCUT2D eigenvalue weighted by Crippen LogP contribution is 2.62. The van der Waals surface area contributed by atoms with Crippen molar-refractivity contribution in [3.05, 3.63) is 132 Å². The summed E-state index contributed by atoms with van der Waals surface area (Å²) in [4.78, 5) is 35.2. The van der Waals surface area contributed by atoms with Crippen LogP contribution in [-0.4, -0.2) is 78.4 Å². The topological polar surface area (TPSA) is 148 Å². The number of carbonyl (C=O) groups is 2. The van der Waals surface area contributed by atoms with Gasteiger partial charge in [-0.05, 0) is 90.1 Å². The Morgan fingerprint density at radius 2 is 1.73 bits per heavy atom. The Morgan fingerprint density at radius 1 is 0.968 bits per heavy atom. The van der Waals surface area contributed by atoms with E-state index in [4.69, 9.17) is 28.9 Å². The quantitative estimate of drug-likeness (QED) is 0.0478. The number of rotatable bonds is 19. The molecule has 3 N–H and O–H groups in total. The summed E-state index contributed by atoms with van der Waals surface area (Å²) < 4.78 is 25.9. The number of aliphatic hydroxyl groups is 2. The summed E-state index contributed by atoms with van der Waals surface area (Å²) in [7, 11) is 1.38. The highest BCUT2D eigenvalue weighted by molar-refractivity contribution is 6.03. The number of methoxy groups -OCH3 is 1. The number of hydrogen-bond acceptors (Lipinski definition) is 10. The van der Waals surface area contributed by atoms with Crippen molar-refractivity contribution in [2.45, 2.75) is 82.7 Å². The van der Waals surface area contributed by atoms with Gasteiger partial charge >= 0.3 is 12.2 Å². The van der Waals surface area contributed by atoms with Crippen LogP contribution in [0.15, 0.2) is 120 Å². The Hall–Kier alpha value is -5.69. The van der Waals surface area contributed by atoms with Crippen molar-refractivity contribution in [1.82, 2.24) is 10.2 Å². The first-order chi connectivity index (χ1) is 30.3. The molecule has 7 rings (SSSR count). The molecule has 62 heavy (non-hydrogen) atoms. The molecule has 2 aliphatic carbocycles. The van der Waals surface area contributed by atoms with E-state index < -0.39 is 29.9 Å². The zero-order valence-electron chi connectivity index (χ0n) is 35.7. The molecule has 12 nitrogen and oxygen atoms in total. The van der Waals surface area contributed by atoms with Crippen molar-refractivity contribution in [2.24, 2.45) is 22.9 Å². The van der Waals surface area contributed by atoms with Crippen molar-refractivity contribution < 1.29 is 43.6 Å².